The van der Waals surface area contributed by atoms with Crippen molar-refractivity contribution in [3.63, 3.8) is 0 Å². The van der Waals surface area contributed by atoms with E-state index in [0.717, 1.165) is 24.1 Å². The fourth-order valence-electron chi connectivity index (χ4n) is 1.02. The minimum absolute atomic E-state index is 0.339. The van der Waals surface area contributed by atoms with E-state index in [9.17, 15) is 0 Å². The minimum atomic E-state index is 0.339. The Balaban J connectivity index is 2.85. The number of hydrogen-bond donors (Lipinski definition) is 1. The number of aliphatic hydroxyl groups excluding tert-OH is 1. The van der Waals surface area contributed by atoms with E-state index >= 15 is 0 Å². The predicted octanol–water partition coefficient (Wildman–Crippen LogP) is 2.71. The molecule has 0 spiro atoms. The van der Waals surface area contributed by atoms with Crippen molar-refractivity contribution >= 4 is 17.1 Å². The number of unbranched alkanes of at least 4 members (excludes halogenated alkanes) is 4. The van der Waals surface area contributed by atoms with Gasteiger partial charge in [-0.1, -0.05) is 31.5 Å². The Labute approximate surface area is 74.8 Å². The Hall–Kier alpha value is 0.0500. The summed E-state index contributed by atoms with van der Waals surface area (Å²) in [6.45, 7) is 2.34. The van der Waals surface area contributed by atoms with Gasteiger partial charge in [0.25, 0.3) is 0 Å². The molecule has 11 heavy (non-hydrogen) atoms. The Kier molecular flexibility index (Phi) is 8.19. The highest BCUT2D eigenvalue weighted by Crippen LogP contribution is 2.05. The highest BCUT2D eigenvalue weighted by molar-refractivity contribution is 7.80. The summed E-state index contributed by atoms with van der Waals surface area (Å²) in [6.07, 6.45) is 6.93. The van der Waals surface area contributed by atoms with Crippen molar-refractivity contribution in [3.05, 3.63) is 0 Å². The molecule has 0 amide bonds. The largest absolute Gasteiger partial charge is 0.396 e. The highest BCUT2D eigenvalue weighted by Gasteiger charge is 1.90. The first-order valence-electron chi connectivity index (χ1n) is 4.37. The average Bonchev–Trinajstić information content (AvgIpc) is 1.96. The second kappa shape index (κ2) is 8.15. The molecule has 0 aliphatic rings. The third kappa shape index (κ3) is 10.1. The summed E-state index contributed by atoms with van der Waals surface area (Å²) < 4.78 is 0. The molecule has 0 unspecified atom stereocenters. The molecular weight excluding hydrogens is 156 g/mol. The standard InChI is InChI=1S/C9H18OS/c1-9(11)7-5-3-2-4-6-8-10/h10H,2-8H2,1H3. The molecule has 0 atom stereocenters. The molecule has 0 rings (SSSR count). The third-order valence-corrected chi connectivity index (χ3v) is 1.89. The van der Waals surface area contributed by atoms with Gasteiger partial charge in [-0.3, -0.25) is 0 Å². The predicted molar refractivity (Wildman–Crippen MR) is 53.1 cm³/mol. The van der Waals surface area contributed by atoms with Crippen molar-refractivity contribution < 1.29 is 5.11 Å². The van der Waals surface area contributed by atoms with Crippen LogP contribution in [0, 0.1) is 0 Å². The van der Waals surface area contributed by atoms with Crippen LogP contribution in [-0.4, -0.2) is 16.6 Å². The molecule has 0 aromatic rings. The van der Waals surface area contributed by atoms with Gasteiger partial charge in [0.1, 0.15) is 0 Å². The number of aliphatic hydroxyl groups is 1. The van der Waals surface area contributed by atoms with Gasteiger partial charge in [0, 0.05) is 6.61 Å². The van der Waals surface area contributed by atoms with E-state index in [2.05, 4.69) is 0 Å². The maximum absolute atomic E-state index is 8.49. The van der Waals surface area contributed by atoms with Gasteiger partial charge < -0.3 is 5.11 Å². The lowest BCUT2D eigenvalue weighted by Gasteiger charge is -1.98. The quantitative estimate of drug-likeness (QED) is 0.473. The summed E-state index contributed by atoms with van der Waals surface area (Å²) in [6, 6.07) is 0. The molecule has 2 heteroatoms. The molecule has 0 aromatic carbocycles. The first-order valence-corrected chi connectivity index (χ1v) is 4.78. The molecule has 0 saturated heterocycles. The molecular formula is C9H18OS. The van der Waals surface area contributed by atoms with Crippen molar-refractivity contribution in [2.75, 3.05) is 6.61 Å². The van der Waals surface area contributed by atoms with Crippen LogP contribution < -0.4 is 0 Å². The third-order valence-electron chi connectivity index (χ3n) is 1.69. The lowest BCUT2D eigenvalue weighted by Crippen LogP contribution is -1.87. The first kappa shape index (κ1) is 11.1. The zero-order valence-electron chi connectivity index (χ0n) is 7.31. The van der Waals surface area contributed by atoms with E-state index in [1.54, 1.807) is 0 Å². The van der Waals surface area contributed by atoms with Crippen molar-refractivity contribution in [1.29, 1.82) is 0 Å². The van der Waals surface area contributed by atoms with Crippen LogP contribution in [0.25, 0.3) is 0 Å². The monoisotopic (exact) mass is 174 g/mol. The molecule has 0 heterocycles. The van der Waals surface area contributed by atoms with E-state index in [-0.39, 0.29) is 0 Å². The lowest BCUT2D eigenvalue weighted by atomic mass is 10.1. The maximum atomic E-state index is 8.49. The normalized spacial score (nSPS) is 10.0. The Morgan fingerprint density at radius 1 is 1.09 bits per heavy atom. The smallest absolute Gasteiger partial charge is 0.0431 e. The molecule has 0 fully saturated rings. The van der Waals surface area contributed by atoms with Crippen LogP contribution in [-0.2, 0) is 0 Å². The maximum Gasteiger partial charge on any atom is 0.0431 e. The van der Waals surface area contributed by atoms with Crippen molar-refractivity contribution in [3.8, 4) is 0 Å². The van der Waals surface area contributed by atoms with Crippen LogP contribution in [0.4, 0.5) is 0 Å². The Morgan fingerprint density at radius 3 is 2.18 bits per heavy atom. The SMILES string of the molecule is CC(=S)CCCCCCCO. The number of rotatable bonds is 7. The van der Waals surface area contributed by atoms with Gasteiger partial charge >= 0.3 is 0 Å². The van der Waals surface area contributed by atoms with Crippen molar-refractivity contribution in [1.82, 2.24) is 0 Å². The zero-order chi connectivity index (χ0) is 8.53. The van der Waals surface area contributed by atoms with E-state index in [1.807, 2.05) is 6.92 Å². The summed E-state index contributed by atoms with van der Waals surface area (Å²) >= 11 is 4.96. The van der Waals surface area contributed by atoms with E-state index in [0.29, 0.717) is 6.61 Å². The summed E-state index contributed by atoms with van der Waals surface area (Å²) in [7, 11) is 0. The topological polar surface area (TPSA) is 20.2 Å². The first-order chi connectivity index (χ1) is 5.27. The van der Waals surface area contributed by atoms with Gasteiger partial charge in [0.2, 0.25) is 0 Å². The zero-order valence-corrected chi connectivity index (χ0v) is 8.12. The summed E-state index contributed by atoms with van der Waals surface area (Å²) in [4.78, 5) is 1.12. The van der Waals surface area contributed by atoms with Gasteiger partial charge in [-0.15, -0.1) is 0 Å². The molecule has 0 aliphatic heterocycles. The molecule has 1 N–H and O–H groups in total. The van der Waals surface area contributed by atoms with Crippen LogP contribution in [0.2, 0.25) is 0 Å². The molecule has 1 nitrogen and oxygen atoms in total. The molecule has 0 bridgehead atoms. The van der Waals surface area contributed by atoms with Crippen LogP contribution in [0.3, 0.4) is 0 Å². The average molecular weight is 174 g/mol. The summed E-state index contributed by atoms with van der Waals surface area (Å²) in [5, 5.41) is 8.49. The molecule has 0 saturated carbocycles. The van der Waals surface area contributed by atoms with E-state index in [4.69, 9.17) is 17.3 Å². The lowest BCUT2D eigenvalue weighted by molar-refractivity contribution is 0.282. The van der Waals surface area contributed by atoms with Crippen molar-refractivity contribution in [2.24, 2.45) is 0 Å². The fraction of sp³-hybridized carbons (Fsp3) is 0.889. The summed E-state index contributed by atoms with van der Waals surface area (Å²) in [5.74, 6) is 0. The summed E-state index contributed by atoms with van der Waals surface area (Å²) in [5.41, 5.74) is 0. The van der Waals surface area contributed by atoms with Gasteiger partial charge in [0.15, 0.2) is 0 Å². The number of thiocarbonyl (C=S) groups is 1. The molecule has 0 aromatic heterocycles. The van der Waals surface area contributed by atoms with Gasteiger partial charge in [-0.05, 0) is 31.1 Å². The Bertz CT molecular complexity index is 102. The van der Waals surface area contributed by atoms with E-state index in [1.165, 1.54) is 19.3 Å². The van der Waals surface area contributed by atoms with Crippen LogP contribution in [0.15, 0.2) is 0 Å². The minimum Gasteiger partial charge on any atom is -0.396 e. The number of hydrogen-bond acceptors (Lipinski definition) is 2. The van der Waals surface area contributed by atoms with Gasteiger partial charge in [-0.2, -0.15) is 0 Å². The van der Waals surface area contributed by atoms with Crippen molar-refractivity contribution in [2.45, 2.75) is 45.4 Å². The Morgan fingerprint density at radius 2 is 1.64 bits per heavy atom. The van der Waals surface area contributed by atoms with Crippen LogP contribution in [0.5, 0.6) is 0 Å². The molecule has 0 aliphatic carbocycles. The second-order valence-corrected chi connectivity index (χ2v) is 3.64. The van der Waals surface area contributed by atoms with Gasteiger partial charge in [-0.25, -0.2) is 0 Å². The van der Waals surface area contributed by atoms with E-state index < -0.39 is 0 Å². The van der Waals surface area contributed by atoms with Crippen LogP contribution in [0.1, 0.15) is 45.4 Å². The second-order valence-electron chi connectivity index (χ2n) is 2.94. The fourth-order valence-corrected chi connectivity index (χ4v) is 1.16. The molecule has 0 radical (unpaired) electrons. The highest BCUT2D eigenvalue weighted by atomic mass is 32.1. The molecule has 66 valence electrons. The van der Waals surface area contributed by atoms with Gasteiger partial charge in [0.05, 0.1) is 0 Å². The van der Waals surface area contributed by atoms with Crippen LogP contribution >= 0.6 is 12.2 Å².